The van der Waals surface area contributed by atoms with E-state index >= 15 is 0 Å². The van der Waals surface area contributed by atoms with E-state index in [0.29, 0.717) is 27.2 Å². The smallest absolute Gasteiger partial charge is 0.343 e. The Bertz CT molecular complexity index is 1180. The van der Waals surface area contributed by atoms with Gasteiger partial charge in [0.2, 0.25) is 0 Å². The van der Waals surface area contributed by atoms with Crippen LogP contribution in [0.2, 0.25) is 0 Å². The van der Waals surface area contributed by atoms with Crippen molar-refractivity contribution in [2.24, 2.45) is 0 Å². The van der Waals surface area contributed by atoms with Gasteiger partial charge in [0.25, 0.3) is 11.8 Å². The predicted molar refractivity (Wildman–Crippen MR) is 130 cm³/mol. The van der Waals surface area contributed by atoms with E-state index in [2.05, 4.69) is 31.9 Å². The van der Waals surface area contributed by atoms with Gasteiger partial charge in [-0.05, 0) is 58.4 Å². The number of benzene rings is 3. The number of halogens is 2. The molecule has 0 aromatic heterocycles. The highest BCUT2D eigenvalue weighted by molar-refractivity contribution is 9.11. The SMILES string of the molecule is COc1c(Br)cc(Br)cc1C=C1C(=O)N(c2ccccc2)C(=O)N(c2ccccc2)C1=O. The van der Waals surface area contributed by atoms with Gasteiger partial charge in [-0.1, -0.05) is 52.3 Å². The van der Waals surface area contributed by atoms with Gasteiger partial charge in [0.1, 0.15) is 11.3 Å². The molecule has 0 saturated carbocycles. The summed E-state index contributed by atoms with van der Waals surface area (Å²) in [6, 6.07) is 19.8. The van der Waals surface area contributed by atoms with Crippen molar-refractivity contribution < 1.29 is 19.1 Å². The van der Waals surface area contributed by atoms with Gasteiger partial charge in [-0.25, -0.2) is 14.6 Å². The Hall–Kier alpha value is -3.23. The number of rotatable bonds is 4. The number of carbonyl (C=O) groups excluding carboxylic acids is 3. The third-order valence-corrected chi connectivity index (χ3v) is 5.87. The van der Waals surface area contributed by atoms with Gasteiger partial charge in [0, 0.05) is 10.0 Å². The fraction of sp³-hybridized carbons (Fsp3) is 0.0417. The van der Waals surface area contributed by atoms with Crippen LogP contribution in [0.4, 0.5) is 16.2 Å². The van der Waals surface area contributed by atoms with E-state index in [4.69, 9.17) is 4.74 Å². The molecule has 1 aliphatic heterocycles. The van der Waals surface area contributed by atoms with Crippen molar-refractivity contribution in [1.82, 2.24) is 0 Å². The van der Waals surface area contributed by atoms with Crippen LogP contribution in [-0.2, 0) is 9.59 Å². The van der Waals surface area contributed by atoms with Crippen LogP contribution in [0.5, 0.6) is 5.75 Å². The maximum atomic E-state index is 13.4. The van der Waals surface area contributed by atoms with Gasteiger partial charge in [0.15, 0.2) is 0 Å². The molecule has 0 N–H and O–H groups in total. The molecule has 1 aliphatic rings. The predicted octanol–water partition coefficient (Wildman–Crippen LogP) is 5.80. The van der Waals surface area contributed by atoms with Gasteiger partial charge in [-0.2, -0.15) is 0 Å². The maximum absolute atomic E-state index is 13.4. The quantitative estimate of drug-likeness (QED) is 0.301. The summed E-state index contributed by atoms with van der Waals surface area (Å²) in [5.41, 5.74) is 1.06. The third-order valence-electron chi connectivity index (χ3n) is 4.82. The maximum Gasteiger partial charge on any atom is 0.343 e. The van der Waals surface area contributed by atoms with Crippen molar-refractivity contribution in [2.45, 2.75) is 0 Å². The second kappa shape index (κ2) is 9.10. The summed E-state index contributed by atoms with van der Waals surface area (Å²) < 4.78 is 6.83. The Labute approximate surface area is 201 Å². The molecule has 160 valence electrons. The summed E-state index contributed by atoms with van der Waals surface area (Å²) in [7, 11) is 1.50. The second-order valence-electron chi connectivity index (χ2n) is 6.80. The van der Waals surface area contributed by atoms with Crippen molar-refractivity contribution in [3.63, 3.8) is 0 Å². The number of para-hydroxylation sites is 2. The Balaban J connectivity index is 1.92. The monoisotopic (exact) mass is 554 g/mol. The fourth-order valence-corrected chi connectivity index (χ4v) is 4.82. The molecule has 1 heterocycles. The fourth-order valence-electron chi connectivity index (χ4n) is 3.40. The van der Waals surface area contributed by atoms with E-state index in [1.54, 1.807) is 72.8 Å². The van der Waals surface area contributed by atoms with Crippen LogP contribution in [0, 0.1) is 0 Å². The summed E-state index contributed by atoms with van der Waals surface area (Å²) in [6.45, 7) is 0. The first kappa shape index (κ1) is 22.0. The molecular formula is C24H16Br2N2O4. The minimum absolute atomic E-state index is 0.166. The minimum Gasteiger partial charge on any atom is -0.495 e. The minimum atomic E-state index is -0.739. The van der Waals surface area contributed by atoms with Crippen LogP contribution < -0.4 is 14.5 Å². The molecule has 4 amide bonds. The van der Waals surface area contributed by atoms with Crippen molar-refractivity contribution >= 4 is 67.2 Å². The van der Waals surface area contributed by atoms with Crippen LogP contribution in [0.1, 0.15) is 5.56 Å². The number of barbiturate groups is 1. The molecule has 32 heavy (non-hydrogen) atoms. The number of amides is 4. The van der Waals surface area contributed by atoms with Crippen molar-refractivity contribution in [3.8, 4) is 5.75 Å². The summed E-state index contributed by atoms with van der Waals surface area (Å²) in [6.07, 6.45) is 1.44. The summed E-state index contributed by atoms with van der Waals surface area (Å²) >= 11 is 6.85. The number of ether oxygens (including phenoxy) is 1. The number of hydrogen-bond donors (Lipinski definition) is 0. The molecule has 3 aromatic rings. The highest BCUT2D eigenvalue weighted by Gasteiger charge is 2.43. The molecular weight excluding hydrogens is 540 g/mol. The van der Waals surface area contributed by atoms with Gasteiger partial charge in [-0.15, -0.1) is 0 Å². The molecule has 0 aliphatic carbocycles. The average Bonchev–Trinajstić information content (AvgIpc) is 2.78. The molecule has 6 nitrogen and oxygen atoms in total. The molecule has 0 radical (unpaired) electrons. The number of carbonyl (C=O) groups is 3. The van der Waals surface area contributed by atoms with E-state index in [9.17, 15) is 14.4 Å². The molecule has 0 unspecified atom stereocenters. The normalized spacial score (nSPS) is 14.1. The molecule has 4 rings (SSSR count). The van der Waals surface area contributed by atoms with Gasteiger partial charge in [0.05, 0.1) is 23.0 Å². The lowest BCUT2D eigenvalue weighted by molar-refractivity contribution is -0.121. The molecule has 0 spiro atoms. The van der Waals surface area contributed by atoms with E-state index in [1.165, 1.54) is 13.2 Å². The van der Waals surface area contributed by atoms with E-state index in [-0.39, 0.29) is 5.57 Å². The number of imide groups is 2. The Kier molecular flexibility index (Phi) is 6.25. The summed E-state index contributed by atoms with van der Waals surface area (Å²) in [4.78, 5) is 42.2. The summed E-state index contributed by atoms with van der Waals surface area (Å²) in [5.74, 6) is -0.969. The van der Waals surface area contributed by atoms with Crippen molar-refractivity contribution in [1.29, 1.82) is 0 Å². The van der Waals surface area contributed by atoms with E-state index < -0.39 is 17.8 Å². The second-order valence-corrected chi connectivity index (χ2v) is 8.57. The lowest BCUT2D eigenvalue weighted by Crippen LogP contribution is -2.57. The largest absolute Gasteiger partial charge is 0.495 e. The lowest BCUT2D eigenvalue weighted by Gasteiger charge is -2.34. The standard InChI is InChI=1S/C24H16Br2N2O4/c1-32-21-15(12-16(25)14-20(21)26)13-19-22(29)27(17-8-4-2-5-9-17)24(31)28(23(19)30)18-10-6-3-7-11-18/h2-14H,1H3. The van der Waals surface area contributed by atoms with Gasteiger partial charge >= 0.3 is 6.03 Å². The Morgan fingerprint density at radius 3 is 1.75 bits per heavy atom. The molecule has 0 atom stereocenters. The number of hydrogen-bond acceptors (Lipinski definition) is 4. The van der Waals surface area contributed by atoms with Gasteiger partial charge < -0.3 is 4.74 Å². The van der Waals surface area contributed by atoms with Crippen LogP contribution in [0.15, 0.2) is 87.3 Å². The van der Waals surface area contributed by atoms with Crippen LogP contribution >= 0.6 is 31.9 Å². The summed E-state index contributed by atoms with van der Waals surface area (Å²) in [5, 5.41) is 0. The highest BCUT2D eigenvalue weighted by Crippen LogP contribution is 2.36. The molecule has 8 heteroatoms. The first-order valence-corrected chi connectivity index (χ1v) is 11.1. The number of urea groups is 1. The van der Waals surface area contributed by atoms with Crippen LogP contribution in [-0.4, -0.2) is 25.0 Å². The van der Waals surface area contributed by atoms with Crippen molar-refractivity contribution in [2.75, 3.05) is 16.9 Å². The van der Waals surface area contributed by atoms with Gasteiger partial charge in [-0.3, -0.25) is 9.59 Å². The number of nitrogens with zero attached hydrogens (tertiary/aromatic N) is 2. The number of methoxy groups -OCH3 is 1. The molecule has 1 saturated heterocycles. The Morgan fingerprint density at radius 1 is 0.781 bits per heavy atom. The Morgan fingerprint density at radius 2 is 1.28 bits per heavy atom. The highest BCUT2D eigenvalue weighted by atomic mass is 79.9. The zero-order chi connectivity index (χ0) is 22.8. The molecule has 3 aromatic carbocycles. The lowest BCUT2D eigenvalue weighted by atomic mass is 10.0. The van der Waals surface area contributed by atoms with E-state index in [1.807, 2.05) is 0 Å². The third kappa shape index (κ3) is 3.99. The molecule has 1 fully saturated rings. The number of anilines is 2. The zero-order valence-electron chi connectivity index (χ0n) is 16.8. The van der Waals surface area contributed by atoms with Crippen LogP contribution in [0.25, 0.3) is 6.08 Å². The topological polar surface area (TPSA) is 66.9 Å². The van der Waals surface area contributed by atoms with Crippen LogP contribution in [0.3, 0.4) is 0 Å². The molecule has 0 bridgehead atoms. The van der Waals surface area contributed by atoms with E-state index in [0.717, 1.165) is 14.3 Å². The first-order chi connectivity index (χ1) is 15.4. The zero-order valence-corrected chi connectivity index (χ0v) is 20.0. The van der Waals surface area contributed by atoms with Crippen molar-refractivity contribution in [3.05, 3.63) is 92.9 Å². The average molecular weight is 556 g/mol. The first-order valence-electron chi connectivity index (χ1n) is 9.50.